The monoisotopic (exact) mass is 456 g/mol. The molecule has 2 aliphatic rings. The van der Waals surface area contributed by atoms with Gasteiger partial charge in [-0.05, 0) is 44.5 Å². The third-order valence-electron chi connectivity index (χ3n) is 6.09. The van der Waals surface area contributed by atoms with E-state index in [0.717, 1.165) is 5.56 Å². The summed E-state index contributed by atoms with van der Waals surface area (Å²) in [5.41, 5.74) is 2.31. The third kappa shape index (κ3) is 4.41. The Labute approximate surface area is 188 Å². The van der Waals surface area contributed by atoms with Crippen LogP contribution in [-0.2, 0) is 19.6 Å². The maximum absolute atomic E-state index is 13.3. The SMILES string of the molecule is Cc1ccc(S(=O)(=O)N2CCCN([C@@H](C)C(=O)N3CC(=O)Nc4ccccc43)CC2)cc1. The molecule has 0 radical (unpaired) electrons. The normalized spacial score (nSPS) is 19.1. The van der Waals surface area contributed by atoms with E-state index in [1.54, 1.807) is 30.3 Å². The molecule has 1 atom stereocenters. The fraction of sp³-hybridized carbons (Fsp3) is 0.391. The fourth-order valence-electron chi connectivity index (χ4n) is 4.21. The van der Waals surface area contributed by atoms with Gasteiger partial charge in [-0.2, -0.15) is 4.31 Å². The molecule has 0 bridgehead atoms. The van der Waals surface area contributed by atoms with Crippen molar-refractivity contribution < 1.29 is 18.0 Å². The quantitative estimate of drug-likeness (QED) is 0.761. The van der Waals surface area contributed by atoms with Crippen LogP contribution in [0.2, 0.25) is 0 Å². The van der Waals surface area contributed by atoms with Crippen LogP contribution in [0.3, 0.4) is 0 Å². The van der Waals surface area contributed by atoms with E-state index in [2.05, 4.69) is 5.32 Å². The number of amides is 2. The predicted molar refractivity (Wildman–Crippen MR) is 123 cm³/mol. The van der Waals surface area contributed by atoms with E-state index in [1.807, 2.05) is 36.9 Å². The van der Waals surface area contributed by atoms with Crippen molar-refractivity contribution in [3.05, 3.63) is 54.1 Å². The summed E-state index contributed by atoms with van der Waals surface area (Å²) in [7, 11) is -3.58. The minimum absolute atomic E-state index is 0.0258. The van der Waals surface area contributed by atoms with Gasteiger partial charge in [-0.1, -0.05) is 29.8 Å². The Balaban J connectivity index is 1.47. The third-order valence-corrected chi connectivity index (χ3v) is 8.00. The minimum Gasteiger partial charge on any atom is -0.323 e. The Bertz CT molecular complexity index is 1120. The molecule has 170 valence electrons. The lowest BCUT2D eigenvalue weighted by Crippen LogP contribution is -2.52. The molecule has 2 aromatic carbocycles. The van der Waals surface area contributed by atoms with E-state index < -0.39 is 16.1 Å². The molecular formula is C23H28N4O4S. The molecule has 2 aromatic rings. The maximum atomic E-state index is 13.3. The van der Waals surface area contributed by atoms with Crippen molar-refractivity contribution in [2.24, 2.45) is 0 Å². The second kappa shape index (κ2) is 9.01. The Morgan fingerprint density at radius 3 is 2.47 bits per heavy atom. The number of carbonyl (C=O) groups excluding carboxylic acids is 2. The van der Waals surface area contributed by atoms with Gasteiger partial charge < -0.3 is 5.32 Å². The Morgan fingerprint density at radius 1 is 1.00 bits per heavy atom. The molecule has 4 rings (SSSR count). The lowest BCUT2D eigenvalue weighted by Gasteiger charge is -2.34. The van der Waals surface area contributed by atoms with E-state index >= 15 is 0 Å². The number of rotatable bonds is 4. The van der Waals surface area contributed by atoms with Crippen LogP contribution in [0.15, 0.2) is 53.4 Å². The molecule has 32 heavy (non-hydrogen) atoms. The van der Waals surface area contributed by atoms with Crippen molar-refractivity contribution in [1.29, 1.82) is 0 Å². The number of sulfonamides is 1. The second-order valence-corrected chi connectivity index (χ2v) is 10.2. The number of fused-ring (bicyclic) bond motifs is 1. The van der Waals surface area contributed by atoms with Crippen LogP contribution in [-0.4, -0.2) is 68.2 Å². The summed E-state index contributed by atoms with van der Waals surface area (Å²) in [6.45, 7) is 5.48. The molecule has 1 N–H and O–H groups in total. The molecule has 2 heterocycles. The van der Waals surface area contributed by atoms with Crippen molar-refractivity contribution in [2.75, 3.05) is 42.9 Å². The Hall–Kier alpha value is -2.75. The van der Waals surface area contributed by atoms with Crippen molar-refractivity contribution in [1.82, 2.24) is 9.21 Å². The lowest BCUT2D eigenvalue weighted by molar-refractivity contribution is -0.125. The maximum Gasteiger partial charge on any atom is 0.244 e. The molecule has 1 saturated heterocycles. The second-order valence-electron chi connectivity index (χ2n) is 8.27. The highest BCUT2D eigenvalue weighted by molar-refractivity contribution is 7.89. The van der Waals surface area contributed by atoms with Gasteiger partial charge in [0.25, 0.3) is 0 Å². The van der Waals surface area contributed by atoms with Crippen molar-refractivity contribution >= 4 is 33.2 Å². The lowest BCUT2D eigenvalue weighted by atomic mass is 10.1. The van der Waals surface area contributed by atoms with E-state index in [4.69, 9.17) is 0 Å². The van der Waals surface area contributed by atoms with Gasteiger partial charge in [0.05, 0.1) is 22.3 Å². The molecule has 2 aliphatic heterocycles. The zero-order chi connectivity index (χ0) is 22.9. The summed E-state index contributed by atoms with van der Waals surface area (Å²) in [4.78, 5) is 29.2. The zero-order valence-corrected chi connectivity index (χ0v) is 19.1. The van der Waals surface area contributed by atoms with Crippen LogP contribution in [0, 0.1) is 6.92 Å². The van der Waals surface area contributed by atoms with Crippen LogP contribution in [0.5, 0.6) is 0 Å². The summed E-state index contributed by atoms with van der Waals surface area (Å²) < 4.78 is 27.6. The highest BCUT2D eigenvalue weighted by Crippen LogP contribution is 2.30. The van der Waals surface area contributed by atoms with Crippen LogP contribution in [0.1, 0.15) is 18.9 Å². The molecule has 0 unspecified atom stereocenters. The average molecular weight is 457 g/mol. The number of hydrogen-bond donors (Lipinski definition) is 1. The molecule has 0 aliphatic carbocycles. The van der Waals surface area contributed by atoms with E-state index in [0.29, 0.717) is 44.0 Å². The number of carbonyl (C=O) groups is 2. The summed E-state index contributed by atoms with van der Waals surface area (Å²) >= 11 is 0. The van der Waals surface area contributed by atoms with Crippen LogP contribution < -0.4 is 10.2 Å². The van der Waals surface area contributed by atoms with E-state index in [9.17, 15) is 18.0 Å². The van der Waals surface area contributed by atoms with Crippen molar-refractivity contribution in [3.8, 4) is 0 Å². The first-order chi connectivity index (χ1) is 15.3. The number of para-hydroxylation sites is 2. The molecular weight excluding hydrogens is 428 g/mol. The van der Waals surface area contributed by atoms with Gasteiger partial charge in [-0.25, -0.2) is 8.42 Å². The number of hydrogen-bond acceptors (Lipinski definition) is 5. The molecule has 2 amide bonds. The van der Waals surface area contributed by atoms with Crippen molar-refractivity contribution in [2.45, 2.75) is 31.2 Å². The molecule has 0 aromatic heterocycles. The van der Waals surface area contributed by atoms with Crippen LogP contribution >= 0.6 is 0 Å². The summed E-state index contributed by atoms with van der Waals surface area (Å²) in [5.74, 6) is -0.391. The smallest absolute Gasteiger partial charge is 0.244 e. The molecule has 8 nitrogen and oxygen atoms in total. The number of benzene rings is 2. The number of nitrogens with one attached hydrogen (secondary N) is 1. The highest BCUT2D eigenvalue weighted by Gasteiger charge is 2.34. The van der Waals surface area contributed by atoms with E-state index in [-0.39, 0.29) is 23.3 Å². The van der Waals surface area contributed by atoms with E-state index in [1.165, 1.54) is 9.21 Å². The molecule has 9 heteroatoms. The van der Waals surface area contributed by atoms with Crippen molar-refractivity contribution in [3.63, 3.8) is 0 Å². The number of aryl methyl sites for hydroxylation is 1. The van der Waals surface area contributed by atoms with Gasteiger partial charge >= 0.3 is 0 Å². The molecule has 1 fully saturated rings. The highest BCUT2D eigenvalue weighted by atomic mass is 32.2. The topological polar surface area (TPSA) is 90.0 Å². The first-order valence-electron chi connectivity index (χ1n) is 10.8. The minimum atomic E-state index is -3.58. The summed E-state index contributed by atoms with van der Waals surface area (Å²) in [6, 6.07) is 13.6. The first kappa shape index (κ1) is 22.4. The first-order valence-corrected chi connectivity index (χ1v) is 12.2. The van der Waals surface area contributed by atoms with Gasteiger partial charge in [-0.15, -0.1) is 0 Å². The van der Waals surface area contributed by atoms with Gasteiger partial charge in [-0.3, -0.25) is 19.4 Å². The van der Waals surface area contributed by atoms with Gasteiger partial charge in [0.15, 0.2) is 0 Å². The molecule has 0 saturated carbocycles. The number of nitrogens with zero attached hydrogens (tertiary/aromatic N) is 3. The zero-order valence-electron chi connectivity index (χ0n) is 18.3. The number of anilines is 2. The summed E-state index contributed by atoms with van der Waals surface area (Å²) in [6.07, 6.45) is 0.625. The fourth-order valence-corrected chi connectivity index (χ4v) is 5.68. The summed E-state index contributed by atoms with van der Waals surface area (Å²) in [5, 5.41) is 2.79. The van der Waals surface area contributed by atoms with Gasteiger partial charge in [0, 0.05) is 26.2 Å². The standard InChI is InChI=1S/C23H28N4O4S/c1-17-8-10-19(11-9-17)32(30,31)26-13-5-12-25(14-15-26)18(2)23(29)27-16-22(28)24-20-6-3-4-7-21(20)27/h3-4,6-11,18H,5,12-16H2,1-2H3,(H,24,28)/t18-/m0/s1. The Morgan fingerprint density at radius 2 is 1.72 bits per heavy atom. The molecule has 0 spiro atoms. The Kier molecular flexibility index (Phi) is 6.32. The van der Waals surface area contributed by atoms with Gasteiger partial charge in [0.2, 0.25) is 21.8 Å². The van der Waals surface area contributed by atoms with Crippen LogP contribution in [0.25, 0.3) is 0 Å². The largest absolute Gasteiger partial charge is 0.323 e. The average Bonchev–Trinajstić information content (AvgIpc) is 3.05. The predicted octanol–water partition coefficient (Wildman–Crippen LogP) is 2.07. The van der Waals surface area contributed by atoms with Gasteiger partial charge in [0.1, 0.15) is 6.54 Å². The van der Waals surface area contributed by atoms with Crippen LogP contribution in [0.4, 0.5) is 11.4 Å².